The van der Waals surface area contributed by atoms with Gasteiger partial charge in [-0.2, -0.15) is 0 Å². The molecule has 10 heavy (non-hydrogen) atoms. The van der Waals surface area contributed by atoms with Gasteiger partial charge in [0.2, 0.25) is 0 Å². The van der Waals surface area contributed by atoms with Crippen LogP contribution in [-0.2, 0) is 4.79 Å². The molecule has 0 bridgehead atoms. The van der Waals surface area contributed by atoms with Gasteiger partial charge >= 0.3 is 0 Å². The minimum absolute atomic E-state index is 0.266. The third-order valence-electron chi connectivity index (χ3n) is 1.31. The van der Waals surface area contributed by atoms with E-state index in [0.717, 1.165) is 6.54 Å². The fourth-order valence-corrected chi connectivity index (χ4v) is 0.551. The summed E-state index contributed by atoms with van der Waals surface area (Å²) in [5.41, 5.74) is 0.935. The number of aliphatic carboxylic acids is 1. The van der Waals surface area contributed by atoms with E-state index in [1.807, 2.05) is 6.92 Å². The van der Waals surface area contributed by atoms with E-state index in [1.165, 1.54) is 6.92 Å². The first kappa shape index (κ1) is 9.01. The fourth-order valence-electron chi connectivity index (χ4n) is 0.551. The topological polar surface area (TPSA) is 52.2 Å². The van der Waals surface area contributed by atoms with Crippen molar-refractivity contribution in [3.63, 3.8) is 0 Å². The molecule has 0 unspecified atom stereocenters. The molecule has 0 aromatic carbocycles. The van der Waals surface area contributed by atoms with E-state index in [1.54, 1.807) is 6.92 Å². The molecule has 0 aliphatic heterocycles. The van der Waals surface area contributed by atoms with Crippen LogP contribution >= 0.6 is 0 Å². The van der Waals surface area contributed by atoms with Crippen LogP contribution in [0.25, 0.3) is 0 Å². The maximum absolute atomic E-state index is 10.2. The number of carboxylic acids is 1. The van der Waals surface area contributed by atoms with Crippen molar-refractivity contribution >= 4 is 5.97 Å². The minimum Gasteiger partial charge on any atom is -0.545 e. The zero-order chi connectivity index (χ0) is 8.15. The molecule has 0 aromatic heterocycles. The molecule has 0 aliphatic carbocycles. The average Bonchev–Trinajstić information content (AvgIpc) is 1.87. The molecule has 0 heterocycles. The number of nitrogens with one attached hydrogen (secondary N) is 1. The number of carbonyl (C=O) groups is 1. The summed E-state index contributed by atoms with van der Waals surface area (Å²) in [6.45, 7) is 5.88. The van der Waals surface area contributed by atoms with Gasteiger partial charge in [-0.1, -0.05) is 0 Å². The summed E-state index contributed by atoms with van der Waals surface area (Å²) in [4.78, 5) is 10.2. The summed E-state index contributed by atoms with van der Waals surface area (Å²) < 4.78 is 0. The van der Waals surface area contributed by atoms with Crippen LogP contribution < -0.4 is 10.4 Å². The number of hydrogen-bond acceptors (Lipinski definition) is 3. The lowest BCUT2D eigenvalue weighted by molar-refractivity contribution is -0.299. The highest BCUT2D eigenvalue weighted by Gasteiger charge is 1.94. The molecule has 0 saturated carbocycles. The lowest BCUT2D eigenvalue weighted by Crippen LogP contribution is -2.26. The van der Waals surface area contributed by atoms with Crippen LogP contribution in [0.15, 0.2) is 11.3 Å². The van der Waals surface area contributed by atoms with Crippen molar-refractivity contribution in [1.82, 2.24) is 5.32 Å². The van der Waals surface area contributed by atoms with Crippen molar-refractivity contribution < 1.29 is 9.90 Å². The van der Waals surface area contributed by atoms with Gasteiger partial charge < -0.3 is 15.2 Å². The number of allylic oxidation sites excluding steroid dienone is 1. The summed E-state index contributed by atoms with van der Waals surface area (Å²) in [5.74, 6) is -1.11. The van der Waals surface area contributed by atoms with Gasteiger partial charge in [0.15, 0.2) is 0 Å². The van der Waals surface area contributed by atoms with Crippen LogP contribution in [0.2, 0.25) is 0 Å². The quantitative estimate of drug-likeness (QED) is 0.547. The molecule has 3 nitrogen and oxygen atoms in total. The average molecular weight is 142 g/mol. The molecule has 0 rings (SSSR count). The molecule has 0 spiro atoms. The second-order valence-electron chi connectivity index (χ2n) is 2.07. The van der Waals surface area contributed by atoms with Gasteiger partial charge in [-0.05, 0) is 26.3 Å². The van der Waals surface area contributed by atoms with E-state index in [4.69, 9.17) is 0 Å². The molecule has 0 radical (unpaired) electrons. The summed E-state index contributed by atoms with van der Waals surface area (Å²) in [5, 5.41) is 13.1. The van der Waals surface area contributed by atoms with E-state index in [-0.39, 0.29) is 5.57 Å². The molecule has 58 valence electrons. The molecule has 0 fully saturated rings. The highest BCUT2D eigenvalue weighted by molar-refractivity contribution is 5.84. The van der Waals surface area contributed by atoms with Crippen LogP contribution in [0.3, 0.4) is 0 Å². The lowest BCUT2D eigenvalue weighted by atomic mass is 10.2. The Labute approximate surface area is 60.7 Å². The van der Waals surface area contributed by atoms with Gasteiger partial charge in [0.1, 0.15) is 0 Å². The zero-order valence-electron chi connectivity index (χ0n) is 6.52. The predicted octanol–water partition coefficient (Wildman–Crippen LogP) is -0.360. The summed E-state index contributed by atoms with van der Waals surface area (Å²) >= 11 is 0. The van der Waals surface area contributed by atoms with Crippen molar-refractivity contribution in [2.75, 3.05) is 6.54 Å². The Kier molecular flexibility index (Phi) is 3.54. The second kappa shape index (κ2) is 3.93. The summed E-state index contributed by atoms with van der Waals surface area (Å²) in [7, 11) is 0. The van der Waals surface area contributed by atoms with Crippen molar-refractivity contribution in [2.24, 2.45) is 0 Å². The minimum atomic E-state index is -1.11. The SMILES string of the molecule is CCN/C(C)=C(\C)C(=O)[O-]. The Balaban J connectivity index is 4.19. The van der Waals surface area contributed by atoms with E-state index in [0.29, 0.717) is 5.70 Å². The molecule has 3 heteroatoms. The van der Waals surface area contributed by atoms with Gasteiger partial charge in [-0.25, -0.2) is 0 Å². The largest absolute Gasteiger partial charge is 0.545 e. The van der Waals surface area contributed by atoms with E-state index in [2.05, 4.69) is 5.32 Å². The zero-order valence-corrected chi connectivity index (χ0v) is 6.52. The predicted molar refractivity (Wildman–Crippen MR) is 37.1 cm³/mol. The highest BCUT2D eigenvalue weighted by atomic mass is 16.4. The molecule has 1 N–H and O–H groups in total. The van der Waals surface area contributed by atoms with Crippen molar-refractivity contribution in [2.45, 2.75) is 20.8 Å². The molecule has 0 aliphatic rings. The first-order chi connectivity index (χ1) is 4.59. The normalized spacial score (nSPS) is 12.3. The van der Waals surface area contributed by atoms with Crippen LogP contribution in [0.5, 0.6) is 0 Å². The molecule has 0 aromatic rings. The third kappa shape index (κ3) is 2.53. The molecular formula is C7H12NO2-. The molecular weight excluding hydrogens is 130 g/mol. The monoisotopic (exact) mass is 142 g/mol. The van der Waals surface area contributed by atoms with Gasteiger partial charge in [-0.3, -0.25) is 0 Å². The van der Waals surface area contributed by atoms with Crippen molar-refractivity contribution in [3.05, 3.63) is 11.3 Å². The maximum atomic E-state index is 10.2. The van der Waals surface area contributed by atoms with Crippen LogP contribution in [0.1, 0.15) is 20.8 Å². The standard InChI is InChI=1S/C7H13NO2/c1-4-8-6(3)5(2)7(9)10/h8H,4H2,1-3H3,(H,9,10)/p-1/b6-5+. The first-order valence-electron chi connectivity index (χ1n) is 3.22. The number of rotatable bonds is 3. The van der Waals surface area contributed by atoms with Gasteiger partial charge in [0, 0.05) is 12.2 Å². The molecule has 0 saturated heterocycles. The Bertz CT molecular complexity index is 161. The summed E-state index contributed by atoms with van der Waals surface area (Å²) in [6.07, 6.45) is 0. The van der Waals surface area contributed by atoms with Gasteiger partial charge in [-0.15, -0.1) is 0 Å². The highest BCUT2D eigenvalue weighted by Crippen LogP contribution is 1.96. The van der Waals surface area contributed by atoms with Crippen LogP contribution in [-0.4, -0.2) is 12.5 Å². The van der Waals surface area contributed by atoms with Crippen molar-refractivity contribution in [3.8, 4) is 0 Å². The van der Waals surface area contributed by atoms with E-state index in [9.17, 15) is 9.90 Å². The van der Waals surface area contributed by atoms with Crippen LogP contribution in [0.4, 0.5) is 0 Å². The van der Waals surface area contributed by atoms with Gasteiger partial charge in [0.05, 0.1) is 5.97 Å². The van der Waals surface area contributed by atoms with Crippen LogP contribution in [0, 0.1) is 0 Å². The third-order valence-corrected chi connectivity index (χ3v) is 1.31. The number of carbonyl (C=O) groups excluding carboxylic acids is 1. The Morgan fingerprint density at radius 2 is 2.00 bits per heavy atom. The van der Waals surface area contributed by atoms with E-state index < -0.39 is 5.97 Å². The Morgan fingerprint density at radius 3 is 2.30 bits per heavy atom. The number of carboxylic acid groups (broad SMARTS) is 1. The first-order valence-corrected chi connectivity index (χ1v) is 3.22. The fraction of sp³-hybridized carbons (Fsp3) is 0.571. The van der Waals surface area contributed by atoms with E-state index >= 15 is 0 Å². The molecule has 0 atom stereocenters. The number of hydrogen-bond donors (Lipinski definition) is 1. The molecule has 0 amide bonds. The smallest absolute Gasteiger partial charge is 0.0689 e. The second-order valence-corrected chi connectivity index (χ2v) is 2.07. The Morgan fingerprint density at radius 1 is 1.50 bits per heavy atom. The summed E-state index contributed by atoms with van der Waals surface area (Å²) in [6, 6.07) is 0. The van der Waals surface area contributed by atoms with Crippen molar-refractivity contribution in [1.29, 1.82) is 0 Å². The Hall–Kier alpha value is -0.990. The maximum Gasteiger partial charge on any atom is 0.0689 e. The van der Waals surface area contributed by atoms with Gasteiger partial charge in [0.25, 0.3) is 0 Å². The lowest BCUT2D eigenvalue weighted by Gasteiger charge is -2.08.